The summed E-state index contributed by atoms with van der Waals surface area (Å²) >= 11 is 1.72. The standard InChI is InChI=1S/C23H31N5OS.HI/c1-26(2)22(29)19-25-23(24-18-21-11-7-17-30-21)28-15-13-27(14-16-28)12-6-10-20-8-4-3-5-9-20;/h3-11,17H,12-16,18-19H2,1-2H3,(H,24,25);1H/b10-6+;. The Kier molecular flexibility index (Phi) is 11.0. The Balaban J connectivity index is 0.00000341. The van der Waals surface area contributed by atoms with Crippen LogP contribution in [-0.2, 0) is 11.3 Å². The molecule has 0 spiro atoms. The van der Waals surface area contributed by atoms with Crippen molar-refractivity contribution < 1.29 is 4.79 Å². The summed E-state index contributed by atoms with van der Waals surface area (Å²) in [6.07, 6.45) is 4.40. The predicted octanol–water partition coefficient (Wildman–Crippen LogP) is 3.23. The van der Waals surface area contributed by atoms with Gasteiger partial charge in [0.05, 0.1) is 6.54 Å². The summed E-state index contributed by atoms with van der Waals surface area (Å²) < 4.78 is 0. The van der Waals surface area contributed by atoms with Gasteiger partial charge in [-0.3, -0.25) is 9.69 Å². The summed E-state index contributed by atoms with van der Waals surface area (Å²) in [5.41, 5.74) is 1.23. The van der Waals surface area contributed by atoms with Gasteiger partial charge in [-0.05, 0) is 17.0 Å². The molecule has 2 aromatic rings. The number of likely N-dealkylation sites (N-methyl/N-ethyl adjacent to an activating group) is 1. The highest BCUT2D eigenvalue weighted by Gasteiger charge is 2.19. The van der Waals surface area contributed by atoms with E-state index in [0.29, 0.717) is 0 Å². The van der Waals surface area contributed by atoms with E-state index in [2.05, 4.69) is 74.0 Å². The third-order valence-corrected chi connectivity index (χ3v) is 5.89. The first-order valence-corrected chi connectivity index (χ1v) is 11.2. The number of carbonyl (C=O) groups excluding carboxylic acids is 1. The molecule has 1 amide bonds. The second-order valence-corrected chi connectivity index (χ2v) is 8.49. The summed E-state index contributed by atoms with van der Waals surface area (Å²) in [5.74, 6) is 0.827. The van der Waals surface area contributed by atoms with E-state index in [0.717, 1.165) is 45.2 Å². The normalized spacial score (nSPS) is 15.0. The van der Waals surface area contributed by atoms with Crippen LogP contribution in [0.1, 0.15) is 10.4 Å². The molecule has 6 nitrogen and oxygen atoms in total. The molecule has 1 fully saturated rings. The van der Waals surface area contributed by atoms with Crippen molar-refractivity contribution in [3.05, 3.63) is 64.4 Å². The van der Waals surface area contributed by atoms with E-state index in [-0.39, 0.29) is 36.4 Å². The first kappa shape index (κ1) is 25.4. The van der Waals surface area contributed by atoms with Crippen molar-refractivity contribution in [2.45, 2.75) is 6.54 Å². The van der Waals surface area contributed by atoms with Crippen molar-refractivity contribution in [2.75, 3.05) is 53.4 Å². The maximum atomic E-state index is 12.0. The van der Waals surface area contributed by atoms with Gasteiger partial charge in [-0.1, -0.05) is 48.6 Å². The molecule has 1 saturated heterocycles. The minimum absolute atomic E-state index is 0. The molecule has 8 heteroatoms. The van der Waals surface area contributed by atoms with Crippen molar-refractivity contribution in [1.29, 1.82) is 0 Å². The van der Waals surface area contributed by atoms with Gasteiger partial charge in [-0.2, -0.15) is 0 Å². The van der Waals surface area contributed by atoms with Gasteiger partial charge in [0.15, 0.2) is 5.96 Å². The molecule has 1 aliphatic rings. The number of hydrogen-bond donors (Lipinski definition) is 1. The van der Waals surface area contributed by atoms with Crippen molar-refractivity contribution in [3.63, 3.8) is 0 Å². The molecule has 1 aliphatic heterocycles. The van der Waals surface area contributed by atoms with E-state index in [1.165, 1.54) is 10.4 Å². The molecule has 0 saturated carbocycles. The Labute approximate surface area is 206 Å². The topological polar surface area (TPSA) is 51.2 Å². The number of carbonyl (C=O) groups is 1. The van der Waals surface area contributed by atoms with Gasteiger partial charge in [0, 0.05) is 51.7 Å². The molecule has 0 atom stereocenters. The van der Waals surface area contributed by atoms with Crippen LogP contribution >= 0.6 is 35.3 Å². The lowest BCUT2D eigenvalue weighted by Gasteiger charge is -2.36. The second kappa shape index (κ2) is 13.5. The largest absolute Gasteiger partial charge is 0.351 e. The lowest BCUT2D eigenvalue weighted by Crippen LogP contribution is -2.52. The number of nitrogens with zero attached hydrogens (tertiary/aromatic N) is 4. The predicted molar refractivity (Wildman–Crippen MR) is 141 cm³/mol. The van der Waals surface area contributed by atoms with E-state index in [4.69, 9.17) is 0 Å². The second-order valence-electron chi connectivity index (χ2n) is 7.46. The lowest BCUT2D eigenvalue weighted by atomic mass is 10.2. The Morgan fingerprint density at radius 3 is 2.52 bits per heavy atom. The molecular formula is C23H32IN5OS. The molecule has 31 heavy (non-hydrogen) atoms. The molecule has 0 radical (unpaired) electrons. The first-order valence-electron chi connectivity index (χ1n) is 10.3. The number of amides is 1. The third kappa shape index (κ3) is 8.62. The maximum absolute atomic E-state index is 12.0. The average molecular weight is 554 g/mol. The van der Waals surface area contributed by atoms with Crippen molar-refractivity contribution in [2.24, 2.45) is 4.99 Å². The van der Waals surface area contributed by atoms with Crippen molar-refractivity contribution >= 4 is 53.3 Å². The smallest absolute Gasteiger partial charge is 0.243 e. The number of benzene rings is 1. The van der Waals surface area contributed by atoms with Gasteiger partial charge in [0.1, 0.15) is 6.54 Å². The van der Waals surface area contributed by atoms with Crippen LogP contribution < -0.4 is 5.32 Å². The number of thiophene rings is 1. The molecule has 1 aromatic carbocycles. The monoisotopic (exact) mass is 553 g/mol. The molecule has 168 valence electrons. The maximum Gasteiger partial charge on any atom is 0.243 e. The van der Waals surface area contributed by atoms with Crippen LogP contribution in [0.3, 0.4) is 0 Å². The van der Waals surface area contributed by atoms with E-state index in [1.54, 1.807) is 30.3 Å². The Morgan fingerprint density at radius 2 is 1.87 bits per heavy atom. The fourth-order valence-electron chi connectivity index (χ4n) is 3.18. The first-order chi connectivity index (χ1) is 14.6. The number of rotatable bonds is 7. The zero-order chi connectivity index (χ0) is 21.2. The summed E-state index contributed by atoms with van der Waals surface area (Å²) in [6, 6.07) is 14.5. The minimum atomic E-state index is 0. The molecule has 1 aromatic heterocycles. The van der Waals surface area contributed by atoms with Gasteiger partial charge in [0.2, 0.25) is 5.91 Å². The van der Waals surface area contributed by atoms with E-state index >= 15 is 0 Å². The van der Waals surface area contributed by atoms with Crippen LogP contribution in [0.4, 0.5) is 0 Å². The molecule has 0 bridgehead atoms. The zero-order valence-corrected chi connectivity index (χ0v) is 21.4. The minimum Gasteiger partial charge on any atom is -0.351 e. The summed E-state index contributed by atoms with van der Waals surface area (Å²) in [5, 5.41) is 5.52. The van der Waals surface area contributed by atoms with Crippen LogP contribution in [-0.4, -0.2) is 79.9 Å². The van der Waals surface area contributed by atoms with E-state index in [1.807, 2.05) is 6.07 Å². The number of halogens is 1. The summed E-state index contributed by atoms with van der Waals surface area (Å²) in [6.45, 7) is 5.57. The number of nitrogens with one attached hydrogen (secondary N) is 1. The van der Waals surface area contributed by atoms with Crippen LogP contribution in [0.25, 0.3) is 6.08 Å². The molecule has 0 unspecified atom stereocenters. The van der Waals surface area contributed by atoms with Crippen LogP contribution in [0, 0.1) is 0 Å². The Morgan fingerprint density at radius 1 is 1.13 bits per heavy atom. The highest BCUT2D eigenvalue weighted by molar-refractivity contribution is 14.0. The Bertz CT molecular complexity index is 831. The lowest BCUT2D eigenvalue weighted by molar-refractivity contribution is -0.127. The van der Waals surface area contributed by atoms with Crippen LogP contribution in [0.2, 0.25) is 0 Å². The highest BCUT2D eigenvalue weighted by atomic mass is 127. The van der Waals surface area contributed by atoms with Gasteiger partial charge < -0.3 is 15.1 Å². The zero-order valence-electron chi connectivity index (χ0n) is 18.2. The van der Waals surface area contributed by atoms with E-state index < -0.39 is 0 Å². The molecule has 2 heterocycles. The number of guanidine groups is 1. The number of piperazine rings is 1. The van der Waals surface area contributed by atoms with Crippen LogP contribution in [0.15, 0.2) is 58.9 Å². The summed E-state index contributed by atoms with van der Waals surface area (Å²) in [4.78, 5) is 24.2. The van der Waals surface area contributed by atoms with Crippen LogP contribution in [0.5, 0.6) is 0 Å². The fraction of sp³-hybridized carbons (Fsp3) is 0.391. The molecule has 1 N–H and O–H groups in total. The van der Waals surface area contributed by atoms with E-state index in [9.17, 15) is 4.79 Å². The average Bonchev–Trinajstić information content (AvgIpc) is 3.28. The van der Waals surface area contributed by atoms with Crippen molar-refractivity contribution in [1.82, 2.24) is 20.0 Å². The van der Waals surface area contributed by atoms with Gasteiger partial charge >= 0.3 is 0 Å². The number of aliphatic imine (C=N–C) groups is 1. The molecule has 0 aliphatic carbocycles. The number of hydrogen-bond acceptors (Lipinski definition) is 4. The third-order valence-electron chi connectivity index (χ3n) is 5.01. The molecular weight excluding hydrogens is 521 g/mol. The Hall–Kier alpha value is -1.91. The fourth-order valence-corrected chi connectivity index (χ4v) is 3.82. The van der Waals surface area contributed by atoms with Crippen molar-refractivity contribution in [3.8, 4) is 0 Å². The SMILES string of the molecule is CN(C)C(=O)CN=C(NCc1cccs1)N1CCN(C/C=C/c2ccccc2)CC1.I. The summed E-state index contributed by atoms with van der Waals surface area (Å²) in [7, 11) is 3.52. The van der Waals surface area contributed by atoms with Gasteiger partial charge in [-0.15, -0.1) is 35.3 Å². The van der Waals surface area contributed by atoms with Gasteiger partial charge in [-0.25, -0.2) is 4.99 Å². The van der Waals surface area contributed by atoms with Gasteiger partial charge in [0.25, 0.3) is 0 Å². The quantitative estimate of drug-likeness (QED) is 0.325. The highest BCUT2D eigenvalue weighted by Crippen LogP contribution is 2.09. The molecule has 3 rings (SSSR count).